The average molecular weight is 508 g/mol. The van der Waals surface area contributed by atoms with Gasteiger partial charge in [-0.05, 0) is 74.0 Å². The molecule has 0 N–H and O–H groups in total. The molecule has 0 fully saturated rings. The van der Waals surface area contributed by atoms with Gasteiger partial charge < -0.3 is 14.4 Å². The number of aromatic nitrogens is 2. The summed E-state index contributed by atoms with van der Waals surface area (Å²) in [6.07, 6.45) is 0.750. The number of hydrogen-bond acceptors (Lipinski definition) is 4. The molecule has 0 aliphatic rings. The maximum atomic E-state index is 13.4. The first-order valence-corrected chi connectivity index (χ1v) is 12.0. The minimum atomic E-state index is -0.388. The summed E-state index contributed by atoms with van der Waals surface area (Å²) in [7, 11) is 1.58. The Bertz CT molecular complexity index is 1340. The smallest absolute Gasteiger partial charge is 0.254 e. The quantitative estimate of drug-likeness (QED) is 0.249. The summed E-state index contributed by atoms with van der Waals surface area (Å²) < 4.78 is 27.0. The minimum absolute atomic E-state index is 0.196. The lowest BCUT2D eigenvalue weighted by Crippen LogP contribution is -2.31. The molecule has 1 heterocycles. The van der Waals surface area contributed by atoms with Crippen LogP contribution < -0.4 is 9.47 Å². The van der Waals surface area contributed by atoms with Crippen molar-refractivity contribution in [2.24, 2.45) is 0 Å². The molecule has 1 aromatic heterocycles. The topological polar surface area (TPSA) is 56.6 Å². The third-order valence-electron chi connectivity index (χ3n) is 5.71. The lowest BCUT2D eigenvalue weighted by Gasteiger charge is -2.23. The van der Waals surface area contributed by atoms with E-state index < -0.39 is 0 Å². The second-order valence-corrected chi connectivity index (χ2v) is 8.68. The average Bonchev–Trinajstić information content (AvgIpc) is 3.19. The molecule has 0 saturated heterocycles. The highest BCUT2D eigenvalue weighted by atomic mass is 35.5. The summed E-state index contributed by atoms with van der Waals surface area (Å²) in [4.78, 5) is 15.1. The van der Waals surface area contributed by atoms with E-state index in [1.165, 1.54) is 24.3 Å². The third kappa shape index (κ3) is 5.52. The van der Waals surface area contributed by atoms with E-state index in [9.17, 15) is 9.18 Å². The summed E-state index contributed by atoms with van der Waals surface area (Å²) in [6.45, 7) is 4.65. The van der Waals surface area contributed by atoms with Gasteiger partial charge in [-0.15, -0.1) is 0 Å². The molecule has 6 nitrogen and oxygen atoms in total. The molecule has 1 amide bonds. The maximum absolute atomic E-state index is 13.4. The van der Waals surface area contributed by atoms with Crippen LogP contribution in [0.5, 0.6) is 17.4 Å². The second-order valence-electron chi connectivity index (χ2n) is 8.24. The van der Waals surface area contributed by atoms with E-state index in [0.29, 0.717) is 40.2 Å². The van der Waals surface area contributed by atoms with Gasteiger partial charge in [-0.25, -0.2) is 9.07 Å². The van der Waals surface area contributed by atoms with Crippen molar-refractivity contribution in [3.63, 3.8) is 0 Å². The summed E-state index contributed by atoms with van der Waals surface area (Å²) in [6, 6.07) is 20.2. The zero-order valence-corrected chi connectivity index (χ0v) is 21.1. The van der Waals surface area contributed by atoms with Gasteiger partial charge in [0.25, 0.3) is 5.91 Å². The number of methoxy groups -OCH3 is 1. The van der Waals surface area contributed by atoms with Crippen LogP contribution in [0.4, 0.5) is 4.39 Å². The zero-order chi connectivity index (χ0) is 25.7. The Balaban J connectivity index is 1.78. The number of halogens is 2. The molecule has 3 aromatic carbocycles. The number of benzene rings is 3. The number of carbonyl (C=O) groups is 1. The number of ether oxygens (including phenoxy) is 2. The monoisotopic (exact) mass is 507 g/mol. The van der Waals surface area contributed by atoms with Gasteiger partial charge in [-0.3, -0.25) is 4.79 Å². The van der Waals surface area contributed by atoms with Gasteiger partial charge in [0.15, 0.2) is 11.5 Å². The fourth-order valence-electron chi connectivity index (χ4n) is 3.88. The first-order chi connectivity index (χ1) is 17.4. The fourth-order valence-corrected chi connectivity index (χ4v) is 4.00. The third-order valence-corrected chi connectivity index (χ3v) is 5.96. The van der Waals surface area contributed by atoms with E-state index in [0.717, 1.165) is 17.7 Å². The predicted molar refractivity (Wildman–Crippen MR) is 138 cm³/mol. The number of carbonyl (C=O) groups excluding carboxylic acids is 1. The SMILES string of the molecule is CCCN(Cc1c(C)nn(-c2ccc(Cl)cc2)c1Oc1ccccc1OC)C(=O)c1ccc(F)cc1. The molecule has 0 saturated carbocycles. The zero-order valence-electron chi connectivity index (χ0n) is 20.4. The first kappa shape index (κ1) is 25.3. The van der Waals surface area contributed by atoms with E-state index in [4.69, 9.17) is 26.2 Å². The van der Waals surface area contributed by atoms with Crippen LogP contribution in [0.2, 0.25) is 5.02 Å². The van der Waals surface area contributed by atoms with Crippen molar-refractivity contribution >= 4 is 17.5 Å². The highest BCUT2D eigenvalue weighted by Crippen LogP contribution is 2.36. The lowest BCUT2D eigenvalue weighted by molar-refractivity contribution is 0.0742. The standard InChI is InChI=1S/C28H27ClFN3O3/c1-4-17-32(27(34)20-9-13-22(30)14-10-20)18-24-19(2)31-33(23-15-11-21(29)12-16-23)28(24)36-26-8-6-5-7-25(26)35-3/h5-16H,4,17-18H2,1-3H3. The number of aryl methyl sites for hydroxylation is 1. The normalized spacial score (nSPS) is 10.8. The van der Waals surface area contributed by atoms with Gasteiger partial charge in [0.2, 0.25) is 5.88 Å². The maximum Gasteiger partial charge on any atom is 0.254 e. The van der Waals surface area contributed by atoms with Crippen molar-refractivity contribution in [2.75, 3.05) is 13.7 Å². The van der Waals surface area contributed by atoms with Crippen molar-refractivity contribution in [1.82, 2.24) is 14.7 Å². The van der Waals surface area contributed by atoms with Crippen molar-refractivity contribution in [2.45, 2.75) is 26.8 Å². The molecule has 36 heavy (non-hydrogen) atoms. The van der Waals surface area contributed by atoms with Gasteiger partial charge >= 0.3 is 0 Å². The Morgan fingerprint density at radius 2 is 1.69 bits per heavy atom. The van der Waals surface area contributed by atoms with Crippen LogP contribution in [0.3, 0.4) is 0 Å². The number of rotatable bonds is 9. The van der Waals surface area contributed by atoms with Crippen molar-refractivity contribution in [3.8, 4) is 23.1 Å². The number of nitrogens with zero attached hydrogens (tertiary/aromatic N) is 3. The van der Waals surface area contributed by atoms with Gasteiger partial charge in [-0.2, -0.15) is 5.10 Å². The van der Waals surface area contributed by atoms with Crippen molar-refractivity contribution in [3.05, 3.63) is 100 Å². The van der Waals surface area contributed by atoms with Crippen LogP contribution in [0, 0.1) is 12.7 Å². The lowest BCUT2D eigenvalue weighted by atomic mass is 10.1. The molecule has 0 aliphatic heterocycles. The molecule has 8 heteroatoms. The van der Waals surface area contributed by atoms with Crippen LogP contribution in [0.25, 0.3) is 5.69 Å². The van der Waals surface area contributed by atoms with E-state index in [1.54, 1.807) is 28.8 Å². The molecule has 0 aliphatic carbocycles. The molecule has 4 aromatic rings. The second kappa shape index (κ2) is 11.3. The van der Waals surface area contributed by atoms with E-state index in [-0.39, 0.29) is 18.3 Å². The van der Waals surface area contributed by atoms with Crippen molar-refractivity contribution in [1.29, 1.82) is 0 Å². The first-order valence-electron chi connectivity index (χ1n) is 11.6. The molecule has 0 radical (unpaired) electrons. The van der Waals surface area contributed by atoms with Crippen LogP contribution in [0.15, 0.2) is 72.8 Å². The molecule has 0 atom stereocenters. The Hall–Kier alpha value is -3.84. The number of amides is 1. The summed E-state index contributed by atoms with van der Waals surface area (Å²) in [5.41, 5.74) is 2.63. The Kier molecular flexibility index (Phi) is 7.90. The minimum Gasteiger partial charge on any atom is -0.493 e. The largest absolute Gasteiger partial charge is 0.493 e. The summed E-state index contributed by atoms with van der Waals surface area (Å²) >= 11 is 6.11. The van der Waals surface area contributed by atoms with Gasteiger partial charge in [0, 0.05) is 17.1 Å². The molecule has 0 spiro atoms. The van der Waals surface area contributed by atoms with Crippen LogP contribution in [-0.4, -0.2) is 34.2 Å². The highest BCUT2D eigenvalue weighted by Gasteiger charge is 2.25. The highest BCUT2D eigenvalue weighted by molar-refractivity contribution is 6.30. The predicted octanol–water partition coefficient (Wildman–Crippen LogP) is 6.83. The summed E-state index contributed by atoms with van der Waals surface area (Å²) in [5, 5.41) is 5.34. The van der Waals surface area contributed by atoms with Crippen molar-refractivity contribution < 1.29 is 18.7 Å². The number of para-hydroxylation sites is 2. The van der Waals surface area contributed by atoms with Gasteiger partial charge in [0.1, 0.15) is 5.82 Å². The molecular formula is C28H27ClFN3O3. The Morgan fingerprint density at radius 1 is 1.03 bits per heavy atom. The van der Waals surface area contributed by atoms with Crippen LogP contribution in [-0.2, 0) is 6.54 Å². The van der Waals surface area contributed by atoms with E-state index >= 15 is 0 Å². The van der Waals surface area contributed by atoms with E-state index in [1.807, 2.05) is 50.2 Å². The number of hydrogen-bond donors (Lipinski definition) is 0. The molecule has 4 rings (SSSR count). The molecular weight excluding hydrogens is 481 g/mol. The Labute approximate surface area is 214 Å². The van der Waals surface area contributed by atoms with Crippen LogP contribution in [0.1, 0.15) is 35.0 Å². The van der Waals surface area contributed by atoms with Crippen LogP contribution >= 0.6 is 11.6 Å². The summed E-state index contributed by atoms with van der Waals surface area (Å²) in [5.74, 6) is 0.966. The van der Waals surface area contributed by atoms with Gasteiger partial charge in [0.05, 0.1) is 30.6 Å². The Morgan fingerprint density at radius 3 is 2.33 bits per heavy atom. The molecule has 0 unspecified atom stereocenters. The molecule has 186 valence electrons. The van der Waals surface area contributed by atoms with Gasteiger partial charge in [-0.1, -0.05) is 30.7 Å². The van der Waals surface area contributed by atoms with E-state index in [2.05, 4.69) is 0 Å². The molecule has 0 bridgehead atoms. The fraction of sp³-hybridized carbons (Fsp3) is 0.214.